The zero-order valence-electron chi connectivity index (χ0n) is 16.0. The van der Waals surface area contributed by atoms with E-state index in [0.29, 0.717) is 6.54 Å². The van der Waals surface area contributed by atoms with E-state index in [9.17, 15) is 4.79 Å². The number of hydrogen-bond acceptors (Lipinski definition) is 3. The van der Waals surface area contributed by atoms with Crippen LogP contribution in [0.2, 0.25) is 0 Å². The van der Waals surface area contributed by atoms with Crippen LogP contribution in [0.5, 0.6) is 0 Å². The van der Waals surface area contributed by atoms with Gasteiger partial charge in [-0.2, -0.15) is 0 Å². The molecular weight excluding hydrogens is 417 g/mol. The third-order valence-electron chi connectivity index (χ3n) is 3.61. The van der Waals surface area contributed by atoms with Crippen molar-refractivity contribution in [3.8, 4) is 0 Å². The number of alkyl carbamates (subject to hydrolysis) is 1. The van der Waals surface area contributed by atoms with E-state index in [1.165, 1.54) is 57.8 Å². The van der Waals surface area contributed by atoms with E-state index < -0.39 is 5.60 Å². The van der Waals surface area contributed by atoms with Crippen LogP contribution in [0.25, 0.3) is 0 Å². The van der Waals surface area contributed by atoms with Gasteiger partial charge in [0.15, 0.2) is 0 Å². The quantitative estimate of drug-likeness (QED) is 0.191. The molecule has 0 radical (unpaired) electrons. The van der Waals surface area contributed by atoms with Gasteiger partial charge in [0.2, 0.25) is 0 Å². The summed E-state index contributed by atoms with van der Waals surface area (Å²) < 4.78 is 11.8. The molecule has 0 aliphatic heterocycles. The number of rotatable bonds is 15. The van der Waals surface area contributed by atoms with Crippen LogP contribution < -0.4 is 5.32 Å². The normalized spacial score (nSPS) is 11.5. The zero-order valence-corrected chi connectivity index (χ0v) is 18.2. The van der Waals surface area contributed by atoms with Crippen LogP contribution in [0.1, 0.15) is 85.0 Å². The number of carbonyl (C=O) groups is 1. The van der Waals surface area contributed by atoms with Gasteiger partial charge < -0.3 is 14.8 Å². The lowest BCUT2D eigenvalue weighted by Gasteiger charge is -2.19. The largest absolute Gasteiger partial charge is 0.444 e. The molecule has 0 aromatic carbocycles. The first kappa shape index (κ1) is 24.0. The van der Waals surface area contributed by atoms with E-state index in [1.807, 2.05) is 20.8 Å². The number of ether oxygens (including phenoxy) is 2. The molecule has 1 N–H and O–H groups in total. The average Bonchev–Trinajstić information content (AvgIpc) is 2.49. The minimum Gasteiger partial charge on any atom is -0.444 e. The number of halogens is 1. The van der Waals surface area contributed by atoms with Crippen molar-refractivity contribution in [2.24, 2.45) is 0 Å². The fourth-order valence-electron chi connectivity index (χ4n) is 2.40. The van der Waals surface area contributed by atoms with Crippen LogP contribution in [-0.4, -0.2) is 35.9 Å². The number of carbonyl (C=O) groups excluding carboxylic acids is 1. The lowest BCUT2D eigenvalue weighted by atomic mass is 10.1. The molecule has 0 aliphatic carbocycles. The van der Waals surface area contributed by atoms with Gasteiger partial charge >= 0.3 is 6.09 Å². The highest BCUT2D eigenvalue weighted by molar-refractivity contribution is 14.1. The van der Waals surface area contributed by atoms with Gasteiger partial charge in [-0.25, -0.2) is 4.79 Å². The maximum atomic E-state index is 11.5. The SMILES string of the molecule is CC(C)(C)OC(=O)NCCCCCCCCCCCCOCCI. The smallest absolute Gasteiger partial charge is 0.407 e. The third-order valence-corrected chi connectivity index (χ3v) is 4.05. The molecule has 0 bridgehead atoms. The first-order valence-corrected chi connectivity index (χ1v) is 11.1. The Morgan fingerprint density at radius 2 is 1.33 bits per heavy atom. The van der Waals surface area contributed by atoms with Crippen LogP contribution >= 0.6 is 22.6 Å². The molecule has 1 amide bonds. The van der Waals surface area contributed by atoms with Gasteiger partial charge in [0.05, 0.1) is 6.61 Å². The van der Waals surface area contributed by atoms with Crippen molar-refractivity contribution in [3.05, 3.63) is 0 Å². The third kappa shape index (κ3) is 20.0. The van der Waals surface area contributed by atoms with E-state index >= 15 is 0 Å². The van der Waals surface area contributed by atoms with Crippen LogP contribution in [0.15, 0.2) is 0 Å². The lowest BCUT2D eigenvalue weighted by Crippen LogP contribution is -2.32. The fraction of sp³-hybridized carbons (Fsp3) is 0.947. The van der Waals surface area contributed by atoms with E-state index in [4.69, 9.17) is 9.47 Å². The standard InChI is InChI=1S/C19H38INO3/c1-19(2,3)24-18(22)21-15-12-10-8-6-4-5-7-9-11-13-16-23-17-14-20/h4-17H2,1-3H3,(H,21,22). The molecule has 0 aromatic rings. The van der Waals surface area contributed by atoms with Crippen LogP contribution in [0.3, 0.4) is 0 Å². The Balaban J connectivity index is 3.14. The number of nitrogens with one attached hydrogen (secondary N) is 1. The van der Waals surface area contributed by atoms with Gasteiger partial charge in [0, 0.05) is 17.6 Å². The second-order valence-electron chi connectivity index (χ2n) is 7.27. The molecule has 0 saturated carbocycles. The molecule has 0 heterocycles. The molecule has 0 spiro atoms. The summed E-state index contributed by atoms with van der Waals surface area (Å²) in [6, 6.07) is 0. The molecule has 0 aromatic heterocycles. The summed E-state index contributed by atoms with van der Waals surface area (Å²) >= 11 is 2.34. The van der Waals surface area contributed by atoms with Crippen molar-refractivity contribution in [1.82, 2.24) is 5.32 Å². The highest BCUT2D eigenvalue weighted by Gasteiger charge is 2.15. The molecule has 4 nitrogen and oxygen atoms in total. The summed E-state index contributed by atoms with van der Waals surface area (Å²) in [5, 5.41) is 2.81. The summed E-state index contributed by atoms with van der Waals surface area (Å²) in [6.07, 6.45) is 12.4. The molecule has 0 rings (SSSR count). The topological polar surface area (TPSA) is 47.6 Å². The Bertz CT molecular complexity index is 293. The van der Waals surface area contributed by atoms with E-state index in [-0.39, 0.29) is 6.09 Å². The Labute approximate surface area is 163 Å². The number of unbranched alkanes of at least 4 members (excludes halogenated alkanes) is 9. The summed E-state index contributed by atoms with van der Waals surface area (Å²) in [4.78, 5) is 11.5. The highest BCUT2D eigenvalue weighted by atomic mass is 127. The summed E-state index contributed by atoms with van der Waals surface area (Å²) in [7, 11) is 0. The molecular formula is C19H38INO3. The predicted molar refractivity (Wildman–Crippen MR) is 110 cm³/mol. The molecule has 144 valence electrons. The maximum absolute atomic E-state index is 11.5. The van der Waals surface area contributed by atoms with Crippen LogP contribution in [-0.2, 0) is 9.47 Å². The second kappa shape index (κ2) is 16.4. The Morgan fingerprint density at radius 3 is 1.83 bits per heavy atom. The molecule has 0 atom stereocenters. The number of alkyl halides is 1. The molecule has 5 heteroatoms. The minimum absolute atomic E-state index is 0.304. The van der Waals surface area contributed by atoms with Crippen molar-refractivity contribution in [1.29, 1.82) is 0 Å². The van der Waals surface area contributed by atoms with Crippen molar-refractivity contribution in [2.75, 3.05) is 24.2 Å². The van der Waals surface area contributed by atoms with Crippen molar-refractivity contribution < 1.29 is 14.3 Å². The van der Waals surface area contributed by atoms with Gasteiger partial charge in [0.25, 0.3) is 0 Å². The maximum Gasteiger partial charge on any atom is 0.407 e. The van der Waals surface area contributed by atoms with E-state index in [2.05, 4.69) is 27.9 Å². The minimum atomic E-state index is -0.410. The fourth-order valence-corrected chi connectivity index (χ4v) is 2.72. The van der Waals surface area contributed by atoms with Gasteiger partial charge in [-0.3, -0.25) is 0 Å². The Kier molecular flexibility index (Phi) is 16.4. The van der Waals surface area contributed by atoms with Gasteiger partial charge in [-0.1, -0.05) is 74.0 Å². The first-order chi connectivity index (χ1) is 11.5. The molecule has 0 fully saturated rings. The van der Waals surface area contributed by atoms with Crippen molar-refractivity contribution >= 4 is 28.7 Å². The van der Waals surface area contributed by atoms with Gasteiger partial charge in [-0.05, 0) is 33.6 Å². The molecule has 24 heavy (non-hydrogen) atoms. The predicted octanol–water partition coefficient (Wildman–Crippen LogP) is 5.86. The molecule has 0 saturated heterocycles. The second-order valence-corrected chi connectivity index (χ2v) is 8.34. The number of amides is 1. The average molecular weight is 455 g/mol. The van der Waals surface area contributed by atoms with Crippen LogP contribution in [0, 0.1) is 0 Å². The van der Waals surface area contributed by atoms with E-state index in [1.54, 1.807) is 0 Å². The van der Waals surface area contributed by atoms with Gasteiger partial charge in [-0.15, -0.1) is 0 Å². The Hall–Kier alpha value is -0.0400. The highest BCUT2D eigenvalue weighted by Crippen LogP contribution is 2.11. The number of hydrogen-bond donors (Lipinski definition) is 1. The summed E-state index contributed by atoms with van der Waals surface area (Å²) in [5.74, 6) is 0. The lowest BCUT2D eigenvalue weighted by molar-refractivity contribution is 0.0527. The van der Waals surface area contributed by atoms with Gasteiger partial charge in [0.1, 0.15) is 5.60 Å². The zero-order chi connectivity index (χ0) is 18.1. The molecule has 0 unspecified atom stereocenters. The monoisotopic (exact) mass is 455 g/mol. The van der Waals surface area contributed by atoms with Crippen LogP contribution in [0.4, 0.5) is 4.79 Å². The summed E-state index contributed by atoms with van der Waals surface area (Å²) in [6.45, 7) is 8.19. The van der Waals surface area contributed by atoms with Crippen molar-refractivity contribution in [3.63, 3.8) is 0 Å². The Morgan fingerprint density at radius 1 is 0.833 bits per heavy atom. The molecule has 0 aliphatic rings. The van der Waals surface area contributed by atoms with Crippen molar-refractivity contribution in [2.45, 2.75) is 90.6 Å². The summed E-state index contributed by atoms with van der Waals surface area (Å²) in [5.41, 5.74) is -0.410. The van der Waals surface area contributed by atoms with E-state index in [0.717, 1.165) is 24.1 Å². The first-order valence-electron chi connectivity index (χ1n) is 9.56.